The van der Waals surface area contributed by atoms with Crippen LogP contribution in [0, 0.1) is 11.3 Å². The van der Waals surface area contributed by atoms with Crippen molar-refractivity contribution in [3.05, 3.63) is 57.6 Å². The van der Waals surface area contributed by atoms with Gasteiger partial charge in [0.15, 0.2) is 0 Å². The van der Waals surface area contributed by atoms with Gasteiger partial charge in [-0.25, -0.2) is 0 Å². The van der Waals surface area contributed by atoms with E-state index in [-0.39, 0.29) is 11.5 Å². The van der Waals surface area contributed by atoms with Crippen LogP contribution in [0.3, 0.4) is 0 Å². The van der Waals surface area contributed by atoms with Crippen LogP contribution in [0.2, 0.25) is 0 Å². The number of carbonyl (C=O) groups is 2. The number of nitrogens with zero attached hydrogens (tertiary/aromatic N) is 1. The zero-order valence-electron chi connectivity index (χ0n) is 16.7. The molecule has 152 valence electrons. The first-order valence-electron chi connectivity index (χ1n) is 10.0. The number of aromatic nitrogens is 1. The number of amides is 2. The number of thiophene rings is 1. The van der Waals surface area contributed by atoms with Gasteiger partial charge in [-0.15, -0.1) is 11.3 Å². The molecule has 0 saturated carbocycles. The summed E-state index contributed by atoms with van der Waals surface area (Å²) in [4.78, 5) is 29.9. The van der Waals surface area contributed by atoms with E-state index < -0.39 is 5.91 Å². The molecule has 1 aliphatic rings. The van der Waals surface area contributed by atoms with E-state index in [1.54, 1.807) is 12.3 Å². The van der Waals surface area contributed by atoms with Crippen LogP contribution in [0.1, 0.15) is 46.1 Å². The largest absolute Gasteiger partial charge is 0.361 e. The highest BCUT2D eigenvalue weighted by atomic mass is 32.1. The minimum absolute atomic E-state index is 0.00650. The molecule has 0 spiro atoms. The van der Waals surface area contributed by atoms with Gasteiger partial charge >= 0.3 is 0 Å². The fourth-order valence-electron chi connectivity index (χ4n) is 3.83. The number of para-hydroxylation sites is 1. The van der Waals surface area contributed by atoms with Crippen LogP contribution >= 0.6 is 11.3 Å². The highest BCUT2D eigenvalue weighted by Gasteiger charge is 2.26. The number of anilines is 1. The van der Waals surface area contributed by atoms with Crippen molar-refractivity contribution in [2.24, 2.45) is 0 Å². The maximum absolute atomic E-state index is 12.9. The summed E-state index contributed by atoms with van der Waals surface area (Å²) in [6, 6.07) is 9.71. The van der Waals surface area contributed by atoms with Crippen molar-refractivity contribution >= 4 is 45.1 Å². The fourth-order valence-corrected chi connectivity index (χ4v) is 5.11. The van der Waals surface area contributed by atoms with E-state index in [2.05, 4.69) is 15.6 Å². The van der Waals surface area contributed by atoms with Crippen LogP contribution in [-0.4, -0.2) is 23.3 Å². The second-order valence-electron chi connectivity index (χ2n) is 7.19. The normalized spacial score (nSPS) is 13.5. The van der Waals surface area contributed by atoms with Crippen molar-refractivity contribution in [3.63, 3.8) is 0 Å². The van der Waals surface area contributed by atoms with E-state index in [0.29, 0.717) is 17.1 Å². The number of rotatable bonds is 5. The fraction of sp³-hybridized carbons (Fsp3) is 0.261. The average molecular weight is 419 g/mol. The van der Waals surface area contributed by atoms with Gasteiger partial charge in [-0.3, -0.25) is 9.59 Å². The average Bonchev–Trinajstić information content (AvgIpc) is 3.33. The summed E-state index contributed by atoms with van der Waals surface area (Å²) in [5.41, 5.74) is 3.28. The number of aryl methyl sites for hydroxylation is 1. The molecule has 3 aromatic rings. The standard InChI is InChI=1S/C23H22N4O2S/c1-2-25-22(29)20-17-8-4-6-10-19(17)30-23(20)27-21(28)14(12-24)11-15-13-26-18-9-5-3-7-16(15)18/h3,5,7,9,11,13,26H,2,4,6,8,10H2,1H3,(H,25,29)(H,27,28)/b14-11-. The van der Waals surface area contributed by atoms with Crippen LogP contribution in [0.5, 0.6) is 0 Å². The number of H-pyrrole nitrogens is 1. The van der Waals surface area contributed by atoms with Gasteiger partial charge in [0.2, 0.25) is 0 Å². The zero-order chi connectivity index (χ0) is 21.1. The highest BCUT2D eigenvalue weighted by molar-refractivity contribution is 7.17. The van der Waals surface area contributed by atoms with E-state index in [1.165, 1.54) is 11.3 Å². The minimum Gasteiger partial charge on any atom is -0.361 e. The first-order chi connectivity index (χ1) is 14.6. The number of fused-ring (bicyclic) bond motifs is 2. The molecule has 1 aliphatic carbocycles. The number of nitriles is 1. The Kier molecular flexibility index (Phi) is 5.68. The Morgan fingerprint density at radius 1 is 1.27 bits per heavy atom. The summed E-state index contributed by atoms with van der Waals surface area (Å²) >= 11 is 1.45. The maximum atomic E-state index is 12.9. The molecule has 0 saturated heterocycles. The molecule has 0 bridgehead atoms. The first kappa shape index (κ1) is 19.9. The van der Waals surface area contributed by atoms with Gasteiger partial charge in [0.1, 0.15) is 16.6 Å². The number of benzene rings is 1. The first-order valence-corrected chi connectivity index (χ1v) is 10.9. The van der Waals surface area contributed by atoms with Gasteiger partial charge in [0, 0.05) is 34.1 Å². The Balaban J connectivity index is 1.66. The monoisotopic (exact) mass is 418 g/mol. The van der Waals surface area contributed by atoms with Gasteiger partial charge in [-0.2, -0.15) is 5.26 Å². The van der Waals surface area contributed by atoms with Gasteiger partial charge in [-0.05, 0) is 50.3 Å². The SMILES string of the molecule is CCNC(=O)c1c(NC(=O)/C(C#N)=C\c2c[nH]c3ccccc23)sc2c1CCCC2. The lowest BCUT2D eigenvalue weighted by Gasteiger charge is -2.12. The molecule has 0 fully saturated rings. The van der Waals surface area contributed by atoms with Crippen molar-refractivity contribution in [1.82, 2.24) is 10.3 Å². The van der Waals surface area contributed by atoms with Crippen LogP contribution < -0.4 is 10.6 Å². The smallest absolute Gasteiger partial charge is 0.266 e. The number of hydrogen-bond acceptors (Lipinski definition) is 4. The molecule has 0 atom stereocenters. The lowest BCUT2D eigenvalue weighted by Crippen LogP contribution is -2.25. The summed E-state index contributed by atoms with van der Waals surface area (Å²) in [5.74, 6) is -0.682. The summed E-state index contributed by atoms with van der Waals surface area (Å²) in [6.07, 6.45) is 7.23. The molecule has 0 radical (unpaired) electrons. The Morgan fingerprint density at radius 2 is 2.07 bits per heavy atom. The number of hydrogen-bond donors (Lipinski definition) is 3. The molecule has 2 aromatic heterocycles. The third-order valence-electron chi connectivity index (χ3n) is 5.25. The molecule has 4 rings (SSSR count). The number of carbonyl (C=O) groups excluding carboxylic acids is 2. The second-order valence-corrected chi connectivity index (χ2v) is 8.29. The molecule has 6 nitrogen and oxygen atoms in total. The van der Waals surface area contributed by atoms with E-state index in [9.17, 15) is 14.9 Å². The quantitative estimate of drug-likeness (QED) is 0.423. The van der Waals surface area contributed by atoms with E-state index in [4.69, 9.17) is 0 Å². The minimum atomic E-state index is -0.507. The second kappa shape index (κ2) is 8.56. The third kappa shape index (κ3) is 3.74. The van der Waals surface area contributed by atoms with Gasteiger partial charge < -0.3 is 15.6 Å². The van der Waals surface area contributed by atoms with Crippen molar-refractivity contribution in [3.8, 4) is 6.07 Å². The van der Waals surface area contributed by atoms with Crippen LogP contribution in [0.15, 0.2) is 36.0 Å². The summed E-state index contributed by atoms with van der Waals surface area (Å²) in [6.45, 7) is 2.38. The molecule has 2 amide bonds. The van der Waals surface area contributed by atoms with Crippen LogP contribution in [0.25, 0.3) is 17.0 Å². The van der Waals surface area contributed by atoms with Gasteiger partial charge in [-0.1, -0.05) is 18.2 Å². The molecular weight excluding hydrogens is 396 g/mol. The van der Waals surface area contributed by atoms with Crippen molar-refractivity contribution in [1.29, 1.82) is 5.26 Å². The summed E-state index contributed by atoms with van der Waals surface area (Å²) < 4.78 is 0. The predicted octanol–water partition coefficient (Wildman–Crippen LogP) is 4.40. The van der Waals surface area contributed by atoms with Crippen molar-refractivity contribution in [2.45, 2.75) is 32.6 Å². The summed E-state index contributed by atoms with van der Waals surface area (Å²) in [5, 5.41) is 16.7. The highest BCUT2D eigenvalue weighted by Crippen LogP contribution is 2.38. The lowest BCUT2D eigenvalue weighted by molar-refractivity contribution is -0.112. The molecule has 30 heavy (non-hydrogen) atoms. The van der Waals surface area contributed by atoms with Gasteiger partial charge in [0.05, 0.1) is 5.56 Å². The van der Waals surface area contributed by atoms with Gasteiger partial charge in [0.25, 0.3) is 11.8 Å². The Bertz CT molecular complexity index is 1200. The number of aromatic amines is 1. The molecule has 3 N–H and O–H groups in total. The van der Waals surface area contributed by atoms with Crippen molar-refractivity contribution in [2.75, 3.05) is 11.9 Å². The van der Waals surface area contributed by atoms with E-state index in [0.717, 1.165) is 52.6 Å². The molecule has 7 heteroatoms. The van der Waals surface area contributed by atoms with Crippen LogP contribution in [0.4, 0.5) is 5.00 Å². The topological polar surface area (TPSA) is 97.8 Å². The maximum Gasteiger partial charge on any atom is 0.266 e. The Morgan fingerprint density at radius 3 is 2.87 bits per heavy atom. The molecule has 0 aliphatic heterocycles. The molecule has 2 heterocycles. The van der Waals surface area contributed by atoms with Crippen LogP contribution in [-0.2, 0) is 17.6 Å². The summed E-state index contributed by atoms with van der Waals surface area (Å²) in [7, 11) is 0. The Labute approximate surface area is 178 Å². The molecule has 1 aromatic carbocycles. The van der Waals surface area contributed by atoms with Crippen molar-refractivity contribution < 1.29 is 9.59 Å². The lowest BCUT2D eigenvalue weighted by atomic mass is 9.95. The zero-order valence-corrected chi connectivity index (χ0v) is 17.5. The third-order valence-corrected chi connectivity index (χ3v) is 6.46. The van der Waals surface area contributed by atoms with E-state index >= 15 is 0 Å². The number of nitrogens with one attached hydrogen (secondary N) is 3. The molecule has 0 unspecified atom stereocenters. The molecular formula is C23H22N4O2S. The predicted molar refractivity (Wildman–Crippen MR) is 119 cm³/mol. The Hall–Kier alpha value is -3.37. The van der Waals surface area contributed by atoms with E-state index in [1.807, 2.05) is 37.3 Å².